The number of thioether (sulfide) groups is 1. The molecule has 0 saturated carbocycles. The average Bonchev–Trinajstić information content (AvgIpc) is 3.21. The van der Waals surface area contributed by atoms with Crippen molar-refractivity contribution in [1.82, 2.24) is 9.80 Å². The van der Waals surface area contributed by atoms with E-state index in [1.54, 1.807) is 6.07 Å². The van der Waals surface area contributed by atoms with Crippen molar-refractivity contribution >= 4 is 23.6 Å². The Labute approximate surface area is 168 Å². The van der Waals surface area contributed by atoms with E-state index in [0.29, 0.717) is 42.3 Å². The van der Waals surface area contributed by atoms with Crippen molar-refractivity contribution < 1.29 is 18.7 Å². The van der Waals surface area contributed by atoms with Crippen molar-refractivity contribution in [2.75, 3.05) is 39.8 Å². The van der Waals surface area contributed by atoms with Gasteiger partial charge in [0, 0.05) is 31.1 Å². The van der Waals surface area contributed by atoms with E-state index in [0.717, 1.165) is 18.0 Å². The van der Waals surface area contributed by atoms with Crippen LogP contribution in [0.15, 0.2) is 45.9 Å². The molecular weight excluding hydrogens is 376 g/mol. The normalized spacial score (nSPS) is 14.5. The van der Waals surface area contributed by atoms with Gasteiger partial charge in [-0.15, -0.1) is 18.2 Å². The highest BCUT2D eigenvalue weighted by atomic mass is 32.2. The van der Waals surface area contributed by atoms with Gasteiger partial charge in [0.15, 0.2) is 0 Å². The third-order valence-corrected chi connectivity index (χ3v) is 5.67. The number of esters is 1. The third kappa shape index (κ3) is 4.58. The molecule has 7 heteroatoms. The van der Waals surface area contributed by atoms with E-state index in [1.807, 2.05) is 29.2 Å². The van der Waals surface area contributed by atoms with Gasteiger partial charge in [0.25, 0.3) is 5.91 Å². The minimum absolute atomic E-state index is 0.0103. The lowest BCUT2D eigenvalue weighted by atomic mass is 10.2. The van der Waals surface area contributed by atoms with Crippen LogP contribution in [-0.4, -0.2) is 61.5 Å². The molecule has 146 valence electrons. The van der Waals surface area contributed by atoms with E-state index in [-0.39, 0.29) is 5.91 Å². The largest absolute Gasteiger partial charge is 0.468 e. The molecule has 2 heterocycles. The molecule has 1 aliphatic heterocycles. The third-order valence-electron chi connectivity index (χ3n) is 4.60. The molecule has 0 N–H and O–H groups in total. The molecule has 0 aliphatic carbocycles. The van der Waals surface area contributed by atoms with Gasteiger partial charge in [-0.2, -0.15) is 0 Å². The second kappa shape index (κ2) is 9.49. The van der Waals surface area contributed by atoms with Crippen molar-refractivity contribution in [3.63, 3.8) is 0 Å². The summed E-state index contributed by atoms with van der Waals surface area (Å²) in [6.45, 7) is 3.48. The van der Waals surface area contributed by atoms with Crippen LogP contribution < -0.4 is 0 Å². The number of piperazine rings is 1. The molecule has 1 amide bonds. The molecule has 1 aliphatic rings. The van der Waals surface area contributed by atoms with E-state index >= 15 is 0 Å². The number of carbonyl (C=O) groups excluding carboxylic acids is 2. The molecule has 1 fully saturated rings. The Balaban J connectivity index is 1.68. The number of amides is 1. The van der Waals surface area contributed by atoms with E-state index in [1.165, 1.54) is 25.1 Å². The van der Waals surface area contributed by atoms with Gasteiger partial charge in [-0.05, 0) is 18.2 Å². The van der Waals surface area contributed by atoms with Gasteiger partial charge in [0.2, 0.25) is 0 Å². The monoisotopic (exact) mass is 398 g/mol. The van der Waals surface area contributed by atoms with Crippen LogP contribution >= 0.6 is 11.8 Å². The Kier molecular flexibility index (Phi) is 6.80. The Bertz CT molecular complexity index is 879. The van der Waals surface area contributed by atoms with Crippen molar-refractivity contribution in [1.29, 1.82) is 0 Å². The summed E-state index contributed by atoms with van der Waals surface area (Å²) in [5.74, 6) is 3.18. The summed E-state index contributed by atoms with van der Waals surface area (Å²) in [5.41, 5.74) is 1.06. The van der Waals surface area contributed by atoms with E-state index in [2.05, 4.69) is 10.8 Å². The molecule has 0 atom stereocenters. The summed E-state index contributed by atoms with van der Waals surface area (Å²) in [6.07, 6.45) is 6.83. The smallest absolute Gasteiger partial charge is 0.341 e. The highest BCUT2D eigenvalue weighted by Gasteiger charge is 2.24. The summed E-state index contributed by atoms with van der Waals surface area (Å²) in [6, 6.07) is 9.09. The first kappa shape index (κ1) is 20.1. The summed E-state index contributed by atoms with van der Waals surface area (Å²) in [7, 11) is 1.34. The lowest BCUT2D eigenvalue weighted by Gasteiger charge is -2.34. The molecule has 3 rings (SSSR count). The Morgan fingerprint density at radius 1 is 1.18 bits per heavy atom. The number of rotatable bonds is 6. The highest BCUT2D eigenvalue weighted by molar-refractivity contribution is 7.98. The van der Waals surface area contributed by atoms with Crippen molar-refractivity contribution in [3.8, 4) is 12.3 Å². The summed E-state index contributed by atoms with van der Waals surface area (Å²) in [5, 5.41) is 0. The Hall–Kier alpha value is -2.69. The molecule has 2 aromatic rings. The van der Waals surface area contributed by atoms with Gasteiger partial charge in [-0.1, -0.05) is 18.1 Å². The van der Waals surface area contributed by atoms with Crippen LogP contribution in [0.3, 0.4) is 0 Å². The lowest BCUT2D eigenvalue weighted by Crippen LogP contribution is -2.48. The first-order chi connectivity index (χ1) is 13.6. The summed E-state index contributed by atoms with van der Waals surface area (Å²) < 4.78 is 10.2. The van der Waals surface area contributed by atoms with Gasteiger partial charge in [0.05, 0.1) is 31.2 Å². The molecule has 0 radical (unpaired) electrons. The standard InChI is InChI=1S/C21H22N2O4S/c1-3-9-22-10-12-23(13-11-22)20(24)17-6-4-5-7-19(17)28-15-18-16(8-14-27-18)21(25)26-2/h1,4-8,14H,9-13,15H2,2H3. The minimum atomic E-state index is -0.432. The maximum Gasteiger partial charge on any atom is 0.341 e. The van der Waals surface area contributed by atoms with Gasteiger partial charge in [-0.25, -0.2) is 4.79 Å². The van der Waals surface area contributed by atoms with Crippen molar-refractivity contribution in [2.24, 2.45) is 0 Å². The van der Waals surface area contributed by atoms with Gasteiger partial charge < -0.3 is 14.1 Å². The van der Waals surface area contributed by atoms with Gasteiger partial charge in [-0.3, -0.25) is 9.69 Å². The lowest BCUT2D eigenvalue weighted by molar-refractivity contribution is 0.0597. The number of nitrogens with zero attached hydrogens (tertiary/aromatic N) is 2. The topological polar surface area (TPSA) is 63.0 Å². The minimum Gasteiger partial charge on any atom is -0.468 e. The molecule has 6 nitrogen and oxygen atoms in total. The van der Waals surface area contributed by atoms with Gasteiger partial charge in [0.1, 0.15) is 11.3 Å². The number of furan rings is 1. The highest BCUT2D eigenvalue weighted by Crippen LogP contribution is 2.29. The maximum absolute atomic E-state index is 13.0. The molecule has 0 unspecified atom stereocenters. The van der Waals surface area contributed by atoms with Crippen LogP contribution in [0.2, 0.25) is 0 Å². The number of hydrogen-bond donors (Lipinski definition) is 0. The van der Waals surface area contributed by atoms with Gasteiger partial charge >= 0.3 is 5.97 Å². The molecule has 1 saturated heterocycles. The molecule has 0 spiro atoms. The maximum atomic E-state index is 13.0. The van der Waals surface area contributed by atoms with Crippen LogP contribution in [0.4, 0.5) is 0 Å². The summed E-state index contributed by atoms with van der Waals surface area (Å²) in [4.78, 5) is 29.7. The number of carbonyl (C=O) groups is 2. The zero-order valence-corrected chi connectivity index (χ0v) is 16.5. The number of benzene rings is 1. The van der Waals surface area contributed by atoms with Crippen molar-refractivity contribution in [3.05, 3.63) is 53.5 Å². The zero-order valence-electron chi connectivity index (χ0n) is 15.7. The molecule has 1 aromatic heterocycles. The summed E-state index contributed by atoms with van der Waals surface area (Å²) >= 11 is 1.46. The van der Waals surface area contributed by atoms with Crippen LogP contribution in [0.25, 0.3) is 0 Å². The Morgan fingerprint density at radius 2 is 1.93 bits per heavy atom. The second-order valence-electron chi connectivity index (χ2n) is 6.31. The molecule has 0 bridgehead atoms. The number of ether oxygens (including phenoxy) is 1. The van der Waals surface area contributed by atoms with Crippen LogP contribution in [0, 0.1) is 12.3 Å². The van der Waals surface area contributed by atoms with E-state index in [4.69, 9.17) is 15.6 Å². The second-order valence-corrected chi connectivity index (χ2v) is 7.32. The first-order valence-corrected chi connectivity index (χ1v) is 9.94. The zero-order chi connectivity index (χ0) is 19.9. The Morgan fingerprint density at radius 3 is 2.64 bits per heavy atom. The number of methoxy groups -OCH3 is 1. The van der Waals surface area contributed by atoms with Crippen LogP contribution in [0.5, 0.6) is 0 Å². The predicted octanol–water partition coefficient (Wildman–Crippen LogP) is 2.75. The predicted molar refractivity (Wildman–Crippen MR) is 107 cm³/mol. The fourth-order valence-electron chi connectivity index (χ4n) is 3.07. The molecule has 1 aromatic carbocycles. The SMILES string of the molecule is C#CCN1CCN(C(=O)c2ccccc2SCc2occc2C(=O)OC)CC1. The van der Waals surface area contributed by atoms with E-state index in [9.17, 15) is 9.59 Å². The van der Waals surface area contributed by atoms with Crippen LogP contribution in [0.1, 0.15) is 26.5 Å². The number of terminal acetylenes is 1. The van der Waals surface area contributed by atoms with Crippen molar-refractivity contribution in [2.45, 2.75) is 10.6 Å². The average molecular weight is 398 g/mol. The fraction of sp³-hybridized carbons (Fsp3) is 0.333. The molecule has 28 heavy (non-hydrogen) atoms. The quantitative estimate of drug-likeness (QED) is 0.424. The first-order valence-electron chi connectivity index (χ1n) is 8.95. The number of hydrogen-bond acceptors (Lipinski definition) is 6. The van der Waals surface area contributed by atoms with Crippen LogP contribution in [-0.2, 0) is 10.5 Å². The van der Waals surface area contributed by atoms with E-state index < -0.39 is 5.97 Å². The molecular formula is C21H22N2O4S. The fourth-order valence-corrected chi connectivity index (χ4v) is 4.06.